The molecule has 2 N–H and O–H groups in total. The molecule has 1 saturated heterocycles. The van der Waals surface area contributed by atoms with Crippen molar-refractivity contribution in [2.45, 2.75) is 25.8 Å². The van der Waals surface area contributed by atoms with Crippen LogP contribution in [0.4, 0.5) is 0 Å². The molecule has 1 heterocycles. The lowest BCUT2D eigenvalue weighted by molar-refractivity contribution is -0.699. The van der Waals surface area contributed by atoms with E-state index >= 15 is 0 Å². The van der Waals surface area contributed by atoms with E-state index in [4.69, 9.17) is 5.26 Å². The van der Waals surface area contributed by atoms with E-state index in [0.29, 0.717) is 12.0 Å². The predicted molar refractivity (Wildman–Crippen MR) is 34.6 cm³/mol. The maximum Gasteiger partial charge on any atom is 0.0990 e. The molecule has 0 amide bonds. The van der Waals surface area contributed by atoms with Crippen molar-refractivity contribution in [2.75, 3.05) is 6.54 Å². The smallest absolute Gasteiger partial charge is 0.0990 e. The number of quaternary nitrogens is 1. The number of rotatable bonds is 0. The van der Waals surface area contributed by atoms with E-state index in [9.17, 15) is 0 Å². The van der Waals surface area contributed by atoms with Crippen molar-refractivity contribution in [1.29, 1.82) is 5.26 Å². The summed E-state index contributed by atoms with van der Waals surface area (Å²) >= 11 is 0. The molecule has 1 aliphatic rings. The predicted octanol–water partition coefficient (Wildman–Crippen LogP) is -0.128. The molecule has 0 spiro atoms. The standard InChI is InChI=1S/C7H12N2/c1-6-7(5-8)3-2-4-9-6/h6-7,9H,2-4H2,1H3/p+1/t6-,7+/m1/s1. The molecule has 1 rings (SSSR count). The number of nitriles is 1. The molecule has 50 valence electrons. The second-order valence-corrected chi connectivity index (χ2v) is 2.76. The molecular weight excluding hydrogens is 112 g/mol. The van der Waals surface area contributed by atoms with Gasteiger partial charge in [0.05, 0.1) is 24.6 Å². The summed E-state index contributed by atoms with van der Waals surface area (Å²) in [5, 5.41) is 10.9. The van der Waals surface area contributed by atoms with Crippen molar-refractivity contribution in [3.8, 4) is 6.07 Å². The fourth-order valence-corrected chi connectivity index (χ4v) is 1.33. The van der Waals surface area contributed by atoms with Crippen molar-refractivity contribution in [3.63, 3.8) is 0 Å². The van der Waals surface area contributed by atoms with E-state index < -0.39 is 0 Å². The molecule has 9 heavy (non-hydrogen) atoms. The van der Waals surface area contributed by atoms with Gasteiger partial charge in [0, 0.05) is 0 Å². The first-order valence-corrected chi connectivity index (χ1v) is 3.57. The fraction of sp³-hybridized carbons (Fsp3) is 0.857. The first-order valence-electron chi connectivity index (χ1n) is 3.57. The largest absolute Gasteiger partial charge is 0.343 e. The second-order valence-electron chi connectivity index (χ2n) is 2.76. The summed E-state index contributed by atoms with van der Waals surface area (Å²) in [4.78, 5) is 0. The molecule has 2 heteroatoms. The van der Waals surface area contributed by atoms with Crippen LogP contribution in [0.1, 0.15) is 19.8 Å². The molecule has 1 aliphatic heterocycles. The van der Waals surface area contributed by atoms with Gasteiger partial charge in [-0.15, -0.1) is 0 Å². The zero-order chi connectivity index (χ0) is 6.69. The summed E-state index contributed by atoms with van der Waals surface area (Å²) < 4.78 is 0. The Labute approximate surface area is 55.9 Å². The molecule has 2 nitrogen and oxygen atoms in total. The molecule has 1 fully saturated rings. The fourth-order valence-electron chi connectivity index (χ4n) is 1.33. The Bertz CT molecular complexity index is 125. The normalized spacial score (nSPS) is 35.6. The first-order chi connectivity index (χ1) is 4.34. The van der Waals surface area contributed by atoms with Crippen molar-refractivity contribution in [1.82, 2.24) is 0 Å². The third kappa shape index (κ3) is 1.43. The third-order valence-electron chi connectivity index (χ3n) is 2.06. The molecular formula is C7H13N2+. The number of piperidine rings is 1. The molecule has 0 bridgehead atoms. The van der Waals surface area contributed by atoms with Crippen LogP contribution in [0.3, 0.4) is 0 Å². The summed E-state index contributed by atoms with van der Waals surface area (Å²) in [7, 11) is 0. The monoisotopic (exact) mass is 125 g/mol. The molecule has 0 saturated carbocycles. The van der Waals surface area contributed by atoms with Crippen LogP contribution in [0.2, 0.25) is 0 Å². The van der Waals surface area contributed by atoms with Crippen LogP contribution in [-0.4, -0.2) is 12.6 Å². The molecule has 0 aliphatic carbocycles. The van der Waals surface area contributed by atoms with Crippen LogP contribution in [0.15, 0.2) is 0 Å². The van der Waals surface area contributed by atoms with Gasteiger partial charge < -0.3 is 5.32 Å². The SMILES string of the molecule is C[C@H]1[NH2+]CCC[C@H]1C#N. The Morgan fingerprint density at radius 2 is 2.44 bits per heavy atom. The van der Waals surface area contributed by atoms with E-state index in [-0.39, 0.29) is 0 Å². The third-order valence-corrected chi connectivity index (χ3v) is 2.06. The summed E-state index contributed by atoms with van der Waals surface area (Å²) in [5.41, 5.74) is 0. The molecule has 0 radical (unpaired) electrons. The van der Waals surface area contributed by atoms with Crippen molar-refractivity contribution in [3.05, 3.63) is 0 Å². The van der Waals surface area contributed by atoms with Gasteiger partial charge in [-0.2, -0.15) is 5.26 Å². The first kappa shape index (κ1) is 6.57. The Morgan fingerprint density at radius 1 is 1.67 bits per heavy atom. The van der Waals surface area contributed by atoms with E-state index in [0.717, 1.165) is 6.42 Å². The Morgan fingerprint density at radius 3 is 2.89 bits per heavy atom. The van der Waals surface area contributed by atoms with E-state index in [1.807, 2.05) is 0 Å². The van der Waals surface area contributed by atoms with Crippen molar-refractivity contribution >= 4 is 0 Å². The van der Waals surface area contributed by atoms with Gasteiger partial charge >= 0.3 is 0 Å². The van der Waals surface area contributed by atoms with Gasteiger partial charge in [0.15, 0.2) is 0 Å². The molecule has 2 atom stereocenters. The molecule has 0 aromatic heterocycles. The minimum Gasteiger partial charge on any atom is -0.343 e. The number of hydrogen-bond donors (Lipinski definition) is 1. The van der Waals surface area contributed by atoms with Crippen LogP contribution in [0, 0.1) is 17.2 Å². The van der Waals surface area contributed by atoms with Crippen LogP contribution >= 0.6 is 0 Å². The zero-order valence-corrected chi connectivity index (χ0v) is 5.80. The van der Waals surface area contributed by atoms with Gasteiger partial charge in [-0.3, -0.25) is 0 Å². The maximum atomic E-state index is 8.59. The summed E-state index contributed by atoms with van der Waals surface area (Å²) in [5.74, 6) is 0.304. The average Bonchev–Trinajstić information content (AvgIpc) is 1.89. The average molecular weight is 125 g/mol. The highest BCUT2D eigenvalue weighted by atomic mass is 14.9. The lowest BCUT2D eigenvalue weighted by atomic mass is 9.94. The minimum atomic E-state index is 0.304. The van der Waals surface area contributed by atoms with Crippen molar-refractivity contribution in [2.24, 2.45) is 5.92 Å². The summed E-state index contributed by atoms with van der Waals surface area (Å²) in [6, 6.07) is 2.85. The van der Waals surface area contributed by atoms with Crippen LogP contribution in [-0.2, 0) is 0 Å². The highest BCUT2D eigenvalue weighted by Gasteiger charge is 2.22. The highest BCUT2D eigenvalue weighted by molar-refractivity contribution is 4.87. The van der Waals surface area contributed by atoms with Crippen molar-refractivity contribution < 1.29 is 5.32 Å². The van der Waals surface area contributed by atoms with E-state index in [2.05, 4.69) is 18.3 Å². The highest BCUT2D eigenvalue weighted by Crippen LogP contribution is 2.09. The topological polar surface area (TPSA) is 40.4 Å². The van der Waals surface area contributed by atoms with Gasteiger partial charge in [-0.25, -0.2) is 0 Å². The molecule has 0 aromatic rings. The zero-order valence-electron chi connectivity index (χ0n) is 5.80. The van der Waals surface area contributed by atoms with Crippen LogP contribution < -0.4 is 5.32 Å². The van der Waals surface area contributed by atoms with Gasteiger partial charge in [0.1, 0.15) is 0 Å². The minimum absolute atomic E-state index is 0.304. The summed E-state index contributed by atoms with van der Waals surface area (Å²) in [6.45, 7) is 3.34. The Hall–Kier alpha value is -0.550. The Kier molecular flexibility index (Phi) is 2.07. The Balaban J connectivity index is 2.41. The van der Waals surface area contributed by atoms with Crippen LogP contribution in [0.5, 0.6) is 0 Å². The molecule has 0 unspecified atom stereocenters. The number of hydrogen-bond acceptors (Lipinski definition) is 1. The van der Waals surface area contributed by atoms with Gasteiger partial charge in [-0.05, 0) is 19.8 Å². The molecule has 0 aromatic carbocycles. The van der Waals surface area contributed by atoms with Crippen LogP contribution in [0.25, 0.3) is 0 Å². The van der Waals surface area contributed by atoms with E-state index in [1.54, 1.807) is 0 Å². The van der Waals surface area contributed by atoms with Gasteiger partial charge in [-0.1, -0.05) is 0 Å². The number of nitrogens with zero attached hydrogens (tertiary/aromatic N) is 1. The van der Waals surface area contributed by atoms with Gasteiger partial charge in [0.25, 0.3) is 0 Å². The quantitative estimate of drug-likeness (QED) is 0.481. The summed E-state index contributed by atoms with van der Waals surface area (Å²) in [6.07, 6.45) is 2.32. The maximum absolute atomic E-state index is 8.59. The lowest BCUT2D eigenvalue weighted by Gasteiger charge is -2.20. The number of nitrogens with two attached hydrogens (primary N) is 1. The van der Waals surface area contributed by atoms with E-state index in [1.165, 1.54) is 13.0 Å². The lowest BCUT2D eigenvalue weighted by Crippen LogP contribution is -2.92. The van der Waals surface area contributed by atoms with Gasteiger partial charge in [0.2, 0.25) is 0 Å². The second kappa shape index (κ2) is 2.84.